The monoisotopic (exact) mass is 296 g/mol. The molecule has 8 heteroatoms. The normalized spacial score (nSPS) is 21.4. The molecular weight excluding hydrogens is 276 g/mol. The van der Waals surface area contributed by atoms with E-state index in [0.29, 0.717) is 18.2 Å². The van der Waals surface area contributed by atoms with Gasteiger partial charge in [0.25, 0.3) is 0 Å². The number of carbonyl (C=O) groups excluding carboxylic acids is 1. The molecule has 1 fully saturated rings. The van der Waals surface area contributed by atoms with E-state index in [-0.39, 0.29) is 25.1 Å². The molecule has 2 N–H and O–H groups in total. The van der Waals surface area contributed by atoms with Crippen LogP contribution in [0.5, 0.6) is 0 Å². The van der Waals surface area contributed by atoms with Crippen molar-refractivity contribution in [3.05, 3.63) is 11.9 Å². The standard InChI is InChI=1S/C13H20N4O4/c1-9-2-3-11(21-9)4-5-12(18)14-6-10-7-17(16-15-10)8-13(19)20/h7,9,11H,2-6,8H2,1H3,(H,14,18)(H,19,20). The molecule has 2 heterocycles. The third-order valence-corrected chi connectivity index (χ3v) is 3.36. The van der Waals surface area contributed by atoms with Crippen molar-refractivity contribution in [3.63, 3.8) is 0 Å². The van der Waals surface area contributed by atoms with Crippen LogP contribution in [0.3, 0.4) is 0 Å². The Morgan fingerprint density at radius 2 is 2.33 bits per heavy atom. The maximum absolute atomic E-state index is 11.7. The summed E-state index contributed by atoms with van der Waals surface area (Å²) in [7, 11) is 0. The molecule has 0 saturated carbocycles. The van der Waals surface area contributed by atoms with E-state index in [2.05, 4.69) is 15.6 Å². The first kappa shape index (κ1) is 15.4. The van der Waals surface area contributed by atoms with Gasteiger partial charge < -0.3 is 15.2 Å². The van der Waals surface area contributed by atoms with Crippen LogP contribution in [-0.2, 0) is 27.4 Å². The third-order valence-electron chi connectivity index (χ3n) is 3.36. The minimum absolute atomic E-state index is 0.0639. The number of nitrogens with one attached hydrogen (secondary N) is 1. The molecule has 1 aromatic rings. The van der Waals surface area contributed by atoms with E-state index in [1.165, 1.54) is 10.9 Å². The number of nitrogens with zero attached hydrogens (tertiary/aromatic N) is 3. The zero-order valence-electron chi connectivity index (χ0n) is 12.0. The predicted molar refractivity (Wildman–Crippen MR) is 72.3 cm³/mol. The Morgan fingerprint density at radius 3 is 3.00 bits per heavy atom. The van der Waals surface area contributed by atoms with Gasteiger partial charge in [0.2, 0.25) is 5.91 Å². The van der Waals surface area contributed by atoms with Gasteiger partial charge in [-0.3, -0.25) is 9.59 Å². The summed E-state index contributed by atoms with van der Waals surface area (Å²) in [5.74, 6) is -1.05. The van der Waals surface area contributed by atoms with Crippen molar-refractivity contribution in [2.75, 3.05) is 0 Å². The number of carboxylic acids is 1. The van der Waals surface area contributed by atoms with Crippen LogP contribution in [0.25, 0.3) is 0 Å². The number of rotatable bonds is 7. The van der Waals surface area contributed by atoms with Crippen LogP contribution in [-0.4, -0.2) is 44.2 Å². The van der Waals surface area contributed by atoms with Crippen molar-refractivity contribution in [3.8, 4) is 0 Å². The summed E-state index contributed by atoms with van der Waals surface area (Å²) in [6.45, 7) is 2.05. The minimum atomic E-state index is -0.985. The molecule has 0 aliphatic carbocycles. The van der Waals surface area contributed by atoms with Gasteiger partial charge >= 0.3 is 5.97 Å². The summed E-state index contributed by atoms with van der Waals surface area (Å²) in [4.78, 5) is 22.2. The average Bonchev–Trinajstić information content (AvgIpc) is 3.02. The number of carbonyl (C=O) groups is 2. The predicted octanol–water partition coefficient (Wildman–Crippen LogP) is 0.327. The van der Waals surface area contributed by atoms with Crippen LogP contribution < -0.4 is 5.32 Å². The highest BCUT2D eigenvalue weighted by Gasteiger charge is 2.22. The highest BCUT2D eigenvalue weighted by atomic mass is 16.5. The molecule has 1 aliphatic rings. The number of hydrogen-bond acceptors (Lipinski definition) is 5. The molecule has 1 amide bonds. The molecule has 1 saturated heterocycles. The summed E-state index contributed by atoms with van der Waals surface area (Å²) in [5, 5.41) is 18.8. The summed E-state index contributed by atoms with van der Waals surface area (Å²) in [6.07, 6.45) is 5.19. The topological polar surface area (TPSA) is 106 Å². The Balaban J connectivity index is 1.66. The van der Waals surface area contributed by atoms with Crippen molar-refractivity contribution < 1.29 is 19.4 Å². The second-order valence-corrected chi connectivity index (χ2v) is 5.26. The van der Waals surface area contributed by atoms with Gasteiger partial charge in [-0.05, 0) is 26.2 Å². The van der Waals surface area contributed by atoms with Gasteiger partial charge in [-0.2, -0.15) is 0 Å². The fourth-order valence-electron chi connectivity index (χ4n) is 2.30. The van der Waals surface area contributed by atoms with Crippen LogP contribution >= 0.6 is 0 Å². The molecule has 0 spiro atoms. The lowest BCUT2D eigenvalue weighted by molar-refractivity contribution is -0.138. The number of aromatic nitrogens is 3. The van der Waals surface area contributed by atoms with Gasteiger partial charge in [-0.1, -0.05) is 5.21 Å². The Kier molecular flexibility index (Phi) is 5.26. The number of ether oxygens (including phenoxy) is 1. The van der Waals surface area contributed by atoms with Gasteiger partial charge in [0.05, 0.1) is 24.9 Å². The molecule has 0 aromatic carbocycles. The first-order chi connectivity index (χ1) is 10.0. The first-order valence-corrected chi connectivity index (χ1v) is 7.06. The highest BCUT2D eigenvalue weighted by molar-refractivity contribution is 5.75. The molecule has 2 rings (SSSR count). The lowest BCUT2D eigenvalue weighted by atomic mass is 10.1. The molecule has 21 heavy (non-hydrogen) atoms. The van der Waals surface area contributed by atoms with E-state index in [9.17, 15) is 9.59 Å². The van der Waals surface area contributed by atoms with Crippen LogP contribution in [0.1, 0.15) is 38.3 Å². The quantitative estimate of drug-likeness (QED) is 0.751. The minimum Gasteiger partial charge on any atom is -0.480 e. The Hall–Kier alpha value is -1.96. The first-order valence-electron chi connectivity index (χ1n) is 7.06. The van der Waals surface area contributed by atoms with Crippen LogP contribution in [0.15, 0.2) is 6.20 Å². The number of hydrogen-bond donors (Lipinski definition) is 2. The second kappa shape index (κ2) is 7.16. The Labute approximate surface area is 122 Å². The molecule has 1 aliphatic heterocycles. The van der Waals surface area contributed by atoms with E-state index in [1.807, 2.05) is 6.92 Å². The molecule has 2 unspecified atom stereocenters. The molecule has 116 valence electrons. The zero-order chi connectivity index (χ0) is 15.2. The van der Waals surface area contributed by atoms with Gasteiger partial charge in [-0.15, -0.1) is 5.10 Å². The van der Waals surface area contributed by atoms with E-state index in [1.54, 1.807) is 0 Å². The zero-order valence-corrected chi connectivity index (χ0v) is 12.0. The lowest BCUT2D eigenvalue weighted by Gasteiger charge is -2.10. The van der Waals surface area contributed by atoms with Crippen molar-refractivity contribution in [1.82, 2.24) is 20.3 Å². The Morgan fingerprint density at radius 1 is 1.52 bits per heavy atom. The number of carboxylic acid groups (broad SMARTS) is 1. The van der Waals surface area contributed by atoms with Gasteiger partial charge in [0, 0.05) is 6.42 Å². The van der Waals surface area contributed by atoms with Crippen molar-refractivity contribution in [2.24, 2.45) is 0 Å². The van der Waals surface area contributed by atoms with Gasteiger partial charge in [0.15, 0.2) is 0 Å². The second-order valence-electron chi connectivity index (χ2n) is 5.26. The summed E-state index contributed by atoms with van der Waals surface area (Å²) < 4.78 is 6.87. The van der Waals surface area contributed by atoms with Crippen molar-refractivity contribution >= 4 is 11.9 Å². The number of aliphatic carboxylic acids is 1. The molecule has 0 bridgehead atoms. The SMILES string of the molecule is CC1CCC(CCC(=O)NCc2cn(CC(=O)O)nn2)O1. The summed E-state index contributed by atoms with van der Waals surface area (Å²) in [5.41, 5.74) is 0.537. The van der Waals surface area contributed by atoms with E-state index >= 15 is 0 Å². The van der Waals surface area contributed by atoms with Crippen molar-refractivity contribution in [1.29, 1.82) is 0 Å². The van der Waals surface area contributed by atoms with Crippen molar-refractivity contribution in [2.45, 2.75) is 57.9 Å². The largest absolute Gasteiger partial charge is 0.480 e. The van der Waals surface area contributed by atoms with E-state index in [0.717, 1.165) is 19.3 Å². The molecular formula is C13H20N4O4. The smallest absolute Gasteiger partial charge is 0.325 e. The van der Waals surface area contributed by atoms with Gasteiger partial charge in [-0.25, -0.2) is 4.68 Å². The molecule has 1 aromatic heterocycles. The average molecular weight is 296 g/mol. The summed E-state index contributed by atoms with van der Waals surface area (Å²) >= 11 is 0. The van der Waals surface area contributed by atoms with Crippen LogP contribution in [0, 0.1) is 0 Å². The Bertz CT molecular complexity index is 502. The molecule has 2 atom stereocenters. The molecule has 8 nitrogen and oxygen atoms in total. The maximum Gasteiger partial charge on any atom is 0.325 e. The fourth-order valence-corrected chi connectivity index (χ4v) is 2.30. The molecule has 0 radical (unpaired) electrons. The van der Waals surface area contributed by atoms with E-state index < -0.39 is 5.97 Å². The van der Waals surface area contributed by atoms with E-state index in [4.69, 9.17) is 9.84 Å². The van der Waals surface area contributed by atoms with Crippen LogP contribution in [0.4, 0.5) is 0 Å². The van der Waals surface area contributed by atoms with Gasteiger partial charge in [0.1, 0.15) is 12.2 Å². The fraction of sp³-hybridized carbons (Fsp3) is 0.692. The maximum atomic E-state index is 11.7. The summed E-state index contributed by atoms with van der Waals surface area (Å²) in [6, 6.07) is 0. The number of amides is 1. The third kappa shape index (κ3) is 5.14. The lowest BCUT2D eigenvalue weighted by Crippen LogP contribution is -2.24. The van der Waals surface area contributed by atoms with Crippen LogP contribution in [0.2, 0.25) is 0 Å². The highest BCUT2D eigenvalue weighted by Crippen LogP contribution is 2.22.